The molecule has 0 fully saturated rings. The summed E-state index contributed by atoms with van der Waals surface area (Å²) in [6.07, 6.45) is 0.730. The van der Waals surface area contributed by atoms with Crippen molar-refractivity contribution < 1.29 is 18.0 Å². The lowest BCUT2D eigenvalue weighted by Gasteiger charge is -2.07. The minimum absolute atomic E-state index is 0.127. The average Bonchev–Trinajstić information content (AvgIpc) is 2.44. The fourth-order valence-corrected chi connectivity index (χ4v) is 2.28. The first kappa shape index (κ1) is 17.8. The molecule has 3 nitrogen and oxygen atoms in total. The Bertz CT molecular complexity index is 435. The number of aromatic nitrogens is 1. The number of thioether (sulfide) groups is 1. The quantitative estimate of drug-likeness (QED) is 0.584. The summed E-state index contributed by atoms with van der Waals surface area (Å²) in [4.78, 5) is 15.2. The van der Waals surface area contributed by atoms with Crippen LogP contribution in [0.4, 0.5) is 13.2 Å². The van der Waals surface area contributed by atoms with E-state index in [1.54, 1.807) is 0 Å². The highest BCUT2D eigenvalue weighted by molar-refractivity contribution is 7.99. The lowest BCUT2D eigenvalue weighted by Crippen LogP contribution is -2.26. The van der Waals surface area contributed by atoms with Crippen LogP contribution in [-0.2, 0) is 11.0 Å². The van der Waals surface area contributed by atoms with Crippen molar-refractivity contribution >= 4 is 17.7 Å². The molecule has 1 aromatic heterocycles. The summed E-state index contributed by atoms with van der Waals surface area (Å²) in [6.45, 7) is 2.76. The molecular weight excluding hydrogens is 301 g/mol. The van der Waals surface area contributed by atoms with E-state index in [1.807, 2.05) is 0 Å². The van der Waals surface area contributed by atoms with E-state index in [9.17, 15) is 18.0 Å². The summed E-state index contributed by atoms with van der Waals surface area (Å²) in [6, 6.07) is 2.25. The van der Waals surface area contributed by atoms with Crippen molar-refractivity contribution in [3.8, 4) is 0 Å². The van der Waals surface area contributed by atoms with Crippen molar-refractivity contribution in [1.29, 1.82) is 0 Å². The minimum atomic E-state index is -4.38. The van der Waals surface area contributed by atoms with Crippen LogP contribution < -0.4 is 5.32 Å². The van der Waals surface area contributed by atoms with Crippen molar-refractivity contribution in [2.24, 2.45) is 0 Å². The molecule has 0 atom stereocenters. The molecule has 1 amide bonds. The first-order chi connectivity index (χ1) is 9.93. The zero-order valence-electron chi connectivity index (χ0n) is 11.9. The summed E-state index contributed by atoms with van der Waals surface area (Å²) in [5.41, 5.74) is -0.785. The fraction of sp³-hybridized carbons (Fsp3) is 0.571. The largest absolute Gasteiger partial charge is 0.417 e. The van der Waals surface area contributed by atoms with E-state index in [4.69, 9.17) is 0 Å². The first-order valence-corrected chi connectivity index (χ1v) is 7.84. The number of hydrogen-bond acceptors (Lipinski definition) is 3. The highest BCUT2D eigenvalue weighted by Gasteiger charge is 2.30. The molecule has 21 heavy (non-hydrogen) atoms. The monoisotopic (exact) mass is 320 g/mol. The maximum Gasteiger partial charge on any atom is 0.417 e. The second-order valence-electron chi connectivity index (χ2n) is 4.58. The van der Waals surface area contributed by atoms with Crippen LogP contribution in [0.15, 0.2) is 23.4 Å². The van der Waals surface area contributed by atoms with Gasteiger partial charge in [-0.15, -0.1) is 0 Å². The molecule has 0 saturated carbocycles. The van der Waals surface area contributed by atoms with Crippen LogP contribution in [0.25, 0.3) is 0 Å². The summed E-state index contributed by atoms with van der Waals surface area (Å²) < 4.78 is 37.1. The lowest BCUT2D eigenvalue weighted by molar-refractivity contribution is -0.137. The zero-order chi connectivity index (χ0) is 15.7. The van der Waals surface area contributed by atoms with Crippen molar-refractivity contribution in [3.05, 3.63) is 23.9 Å². The minimum Gasteiger partial charge on any atom is -0.355 e. The standard InChI is InChI=1S/C14H19F3N2OS/c1-2-3-4-5-8-18-12(20)10-21-13-7-6-11(9-19-13)14(15,16)17/h6-7,9H,2-5,8,10H2,1H3,(H,18,20). The Morgan fingerprint density at radius 3 is 2.62 bits per heavy atom. The van der Waals surface area contributed by atoms with E-state index in [0.29, 0.717) is 11.6 Å². The molecule has 118 valence electrons. The Kier molecular flexibility index (Phi) is 7.56. The molecule has 7 heteroatoms. The van der Waals surface area contributed by atoms with Gasteiger partial charge in [0.05, 0.1) is 16.3 Å². The lowest BCUT2D eigenvalue weighted by atomic mass is 10.2. The average molecular weight is 320 g/mol. The van der Waals surface area contributed by atoms with Gasteiger partial charge in [0.1, 0.15) is 0 Å². The molecule has 0 unspecified atom stereocenters. The van der Waals surface area contributed by atoms with Gasteiger partial charge in [0, 0.05) is 12.7 Å². The maximum absolute atomic E-state index is 12.4. The van der Waals surface area contributed by atoms with Crippen LogP contribution in [0, 0.1) is 0 Å². The number of nitrogens with zero attached hydrogens (tertiary/aromatic N) is 1. The molecule has 0 spiro atoms. The van der Waals surface area contributed by atoms with Crippen molar-refractivity contribution in [1.82, 2.24) is 10.3 Å². The highest BCUT2D eigenvalue weighted by atomic mass is 32.2. The maximum atomic E-state index is 12.4. The second kappa shape index (κ2) is 8.92. The number of pyridine rings is 1. The van der Waals surface area contributed by atoms with E-state index in [2.05, 4.69) is 17.2 Å². The Morgan fingerprint density at radius 2 is 2.05 bits per heavy atom. The normalized spacial score (nSPS) is 11.4. The molecule has 1 aromatic rings. The molecule has 0 saturated heterocycles. The van der Waals surface area contributed by atoms with Gasteiger partial charge in [-0.25, -0.2) is 4.98 Å². The molecule has 0 radical (unpaired) electrons. The van der Waals surface area contributed by atoms with Gasteiger partial charge in [-0.3, -0.25) is 4.79 Å². The van der Waals surface area contributed by atoms with Gasteiger partial charge in [0.15, 0.2) is 0 Å². The van der Waals surface area contributed by atoms with Crippen molar-refractivity contribution in [3.63, 3.8) is 0 Å². The number of alkyl halides is 3. The zero-order valence-corrected chi connectivity index (χ0v) is 12.7. The SMILES string of the molecule is CCCCCCNC(=O)CSc1ccc(C(F)(F)F)cn1. The van der Waals surface area contributed by atoms with Gasteiger partial charge in [-0.1, -0.05) is 37.9 Å². The Morgan fingerprint density at radius 1 is 1.29 bits per heavy atom. The Hall–Kier alpha value is -1.24. The molecular formula is C14H19F3N2OS. The fourth-order valence-electron chi connectivity index (χ4n) is 1.60. The molecule has 1 heterocycles. The van der Waals surface area contributed by atoms with E-state index < -0.39 is 11.7 Å². The van der Waals surface area contributed by atoms with E-state index in [-0.39, 0.29) is 11.7 Å². The van der Waals surface area contributed by atoms with E-state index in [1.165, 1.54) is 6.07 Å². The summed E-state index contributed by atoms with van der Waals surface area (Å²) >= 11 is 1.13. The van der Waals surface area contributed by atoms with Crippen molar-refractivity contribution in [2.45, 2.75) is 43.8 Å². The van der Waals surface area contributed by atoms with Crippen LogP contribution in [0.3, 0.4) is 0 Å². The number of hydrogen-bond donors (Lipinski definition) is 1. The molecule has 0 aliphatic carbocycles. The number of rotatable bonds is 8. The number of carbonyl (C=O) groups excluding carboxylic acids is 1. The first-order valence-electron chi connectivity index (χ1n) is 6.86. The van der Waals surface area contributed by atoms with Crippen LogP contribution in [0.1, 0.15) is 38.2 Å². The van der Waals surface area contributed by atoms with Crippen molar-refractivity contribution in [2.75, 3.05) is 12.3 Å². The molecule has 0 aliphatic heterocycles. The third kappa shape index (κ3) is 7.36. The van der Waals surface area contributed by atoms with Gasteiger partial charge in [-0.2, -0.15) is 13.2 Å². The topological polar surface area (TPSA) is 42.0 Å². The van der Waals surface area contributed by atoms with Crippen LogP contribution >= 0.6 is 11.8 Å². The summed E-state index contributed by atoms with van der Waals surface area (Å²) in [5, 5.41) is 3.19. The highest BCUT2D eigenvalue weighted by Crippen LogP contribution is 2.29. The number of amides is 1. The molecule has 1 rings (SSSR count). The van der Waals surface area contributed by atoms with Gasteiger partial charge >= 0.3 is 6.18 Å². The Balaban J connectivity index is 2.27. The molecule has 0 aliphatic rings. The van der Waals surface area contributed by atoms with Crippen LogP contribution in [0.2, 0.25) is 0 Å². The van der Waals surface area contributed by atoms with Gasteiger partial charge < -0.3 is 5.32 Å². The summed E-state index contributed by atoms with van der Waals surface area (Å²) in [7, 11) is 0. The van der Waals surface area contributed by atoms with E-state index in [0.717, 1.165) is 49.7 Å². The molecule has 0 aromatic carbocycles. The van der Waals surface area contributed by atoms with Crippen LogP contribution in [-0.4, -0.2) is 23.2 Å². The van der Waals surface area contributed by atoms with Gasteiger partial charge in [0.2, 0.25) is 5.91 Å². The smallest absolute Gasteiger partial charge is 0.355 e. The van der Waals surface area contributed by atoms with E-state index >= 15 is 0 Å². The third-order valence-corrected chi connectivity index (χ3v) is 3.71. The number of nitrogens with one attached hydrogen (secondary N) is 1. The van der Waals surface area contributed by atoms with Crippen LogP contribution in [0.5, 0.6) is 0 Å². The molecule has 1 N–H and O–H groups in total. The molecule has 0 bridgehead atoms. The second-order valence-corrected chi connectivity index (χ2v) is 5.58. The number of carbonyl (C=O) groups is 1. The van der Waals surface area contributed by atoms with Gasteiger partial charge in [-0.05, 0) is 18.6 Å². The predicted molar refractivity (Wildman–Crippen MR) is 77.1 cm³/mol. The Labute approximate surface area is 126 Å². The number of halogens is 3. The number of unbranched alkanes of at least 4 members (excludes halogenated alkanes) is 3. The third-order valence-electron chi connectivity index (χ3n) is 2.77. The summed E-state index contributed by atoms with van der Waals surface area (Å²) in [5.74, 6) is 0.0322. The predicted octanol–water partition coefficient (Wildman–Crippen LogP) is 3.89. The van der Waals surface area contributed by atoms with Gasteiger partial charge in [0.25, 0.3) is 0 Å².